The Labute approximate surface area is 93.1 Å². The van der Waals surface area contributed by atoms with Crippen LogP contribution in [-0.2, 0) is 4.79 Å². The van der Waals surface area contributed by atoms with Crippen molar-refractivity contribution in [1.82, 2.24) is 5.32 Å². The highest BCUT2D eigenvalue weighted by atomic mass is 16.1. The Morgan fingerprint density at radius 1 is 1.40 bits per heavy atom. The van der Waals surface area contributed by atoms with Gasteiger partial charge in [0.05, 0.1) is 0 Å². The number of amides is 1. The summed E-state index contributed by atoms with van der Waals surface area (Å²) >= 11 is 0. The molecule has 1 N–H and O–H groups in total. The lowest BCUT2D eigenvalue weighted by atomic mass is 9.75. The molecule has 86 valence electrons. The van der Waals surface area contributed by atoms with Gasteiger partial charge in [-0.25, -0.2) is 0 Å². The Kier molecular flexibility index (Phi) is 3.95. The Hall–Kier alpha value is -0.790. The number of nitrogens with one attached hydrogen (secondary N) is 1. The minimum Gasteiger partial charge on any atom is -0.350 e. The monoisotopic (exact) mass is 209 g/mol. The SMILES string of the molecule is CC(C)=CC(=O)NC1CCCC(C)(C)C1. The van der Waals surface area contributed by atoms with E-state index in [0.717, 1.165) is 18.4 Å². The van der Waals surface area contributed by atoms with Crippen molar-refractivity contribution in [3.05, 3.63) is 11.6 Å². The normalized spacial score (nSPS) is 24.4. The molecule has 1 aliphatic rings. The molecule has 15 heavy (non-hydrogen) atoms. The van der Waals surface area contributed by atoms with E-state index >= 15 is 0 Å². The van der Waals surface area contributed by atoms with Crippen molar-refractivity contribution in [3.8, 4) is 0 Å². The van der Waals surface area contributed by atoms with Crippen LogP contribution in [-0.4, -0.2) is 11.9 Å². The van der Waals surface area contributed by atoms with Crippen molar-refractivity contribution < 1.29 is 4.79 Å². The fourth-order valence-corrected chi connectivity index (χ4v) is 2.33. The van der Waals surface area contributed by atoms with E-state index in [9.17, 15) is 4.79 Å². The van der Waals surface area contributed by atoms with E-state index in [1.807, 2.05) is 13.8 Å². The van der Waals surface area contributed by atoms with Gasteiger partial charge in [0.2, 0.25) is 5.91 Å². The van der Waals surface area contributed by atoms with Crippen LogP contribution < -0.4 is 5.32 Å². The van der Waals surface area contributed by atoms with Crippen molar-refractivity contribution in [1.29, 1.82) is 0 Å². The standard InChI is InChI=1S/C13H23NO/c1-10(2)8-12(15)14-11-6-5-7-13(3,4)9-11/h8,11H,5-7,9H2,1-4H3,(H,14,15). The molecule has 0 aromatic carbocycles. The van der Waals surface area contributed by atoms with Crippen LogP contribution in [0.2, 0.25) is 0 Å². The second-order valence-corrected chi connectivity index (χ2v) is 5.69. The van der Waals surface area contributed by atoms with E-state index in [2.05, 4.69) is 19.2 Å². The van der Waals surface area contributed by atoms with Crippen LogP contribution in [0.4, 0.5) is 0 Å². The highest BCUT2D eigenvalue weighted by Crippen LogP contribution is 2.34. The summed E-state index contributed by atoms with van der Waals surface area (Å²) in [6, 6.07) is 0.372. The van der Waals surface area contributed by atoms with Gasteiger partial charge in [-0.1, -0.05) is 25.8 Å². The fourth-order valence-electron chi connectivity index (χ4n) is 2.33. The average Bonchev–Trinajstić information content (AvgIpc) is 1.99. The van der Waals surface area contributed by atoms with Gasteiger partial charge >= 0.3 is 0 Å². The minimum absolute atomic E-state index is 0.0673. The van der Waals surface area contributed by atoms with E-state index in [1.54, 1.807) is 6.08 Å². The zero-order chi connectivity index (χ0) is 11.5. The molecule has 0 aliphatic heterocycles. The third kappa shape index (κ3) is 4.50. The Balaban J connectivity index is 2.45. The molecule has 1 saturated carbocycles. The van der Waals surface area contributed by atoms with Crippen LogP contribution in [0.3, 0.4) is 0 Å². The third-order valence-electron chi connectivity index (χ3n) is 2.97. The van der Waals surface area contributed by atoms with Crippen molar-refractivity contribution in [2.45, 2.75) is 59.4 Å². The van der Waals surface area contributed by atoms with Crippen molar-refractivity contribution >= 4 is 5.91 Å². The maximum absolute atomic E-state index is 11.5. The molecule has 0 saturated heterocycles. The van der Waals surface area contributed by atoms with E-state index < -0.39 is 0 Å². The lowest BCUT2D eigenvalue weighted by Gasteiger charge is -2.35. The van der Waals surface area contributed by atoms with Gasteiger partial charge in [-0.2, -0.15) is 0 Å². The molecule has 0 bridgehead atoms. The maximum atomic E-state index is 11.5. The van der Waals surface area contributed by atoms with Crippen molar-refractivity contribution in [3.63, 3.8) is 0 Å². The number of carbonyl (C=O) groups is 1. The van der Waals surface area contributed by atoms with Crippen molar-refractivity contribution in [2.75, 3.05) is 0 Å². The summed E-state index contributed by atoms with van der Waals surface area (Å²) < 4.78 is 0. The number of allylic oxidation sites excluding steroid dienone is 1. The lowest BCUT2D eigenvalue weighted by molar-refractivity contribution is -0.117. The molecular weight excluding hydrogens is 186 g/mol. The van der Waals surface area contributed by atoms with Gasteiger partial charge in [-0.3, -0.25) is 4.79 Å². The topological polar surface area (TPSA) is 29.1 Å². The summed E-state index contributed by atoms with van der Waals surface area (Å²) in [7, 11) is 0. The van der Waals surface area contributed by atoms with Crippen LogP contribution in [0.1, 0.15) is 53.4 Å². The first-order valence-electron chi connectivity index (χ1n) is 5.84. The largest absolute Gasteiger partial charge is 0.350 e. The number of carbonyl (C=O) groups excluding carboxylic acids is 1. The van der Waals surface area contributed by atoms with Gasteiger partial charge in [0, 0.05) is 12.1 Å². The minimum atomic E-state index is 0.0673. The number of hydrogen-bond acceptors (Lipinski definition) is 1. The molecule has 1 fully saturated rings. The van der Waals surface area contributed by atoms with Gasteiger partial charge in [0.25, 0.3) is 0 Å². The first-order chi connectivity index (χ1) is 6.89. The molecule has 1 atom stereocenters. The Morgan fingerprint density at radius 2 is 2.07 bits per heavy atom. The second kappa shape index (κ2) is 4.82. The first kappa shape index (κ1) is 12.3. The van der Waals surface area contributed by atoms with E-state index in [0.29, 0.717) is 11.5 Å². The van der Waals surface area contributed by atoms with Crippen LogP contribution in [0.25, 0.3) is 0 Å². The van der Waals surface area contributed by atoms with E-state index in [1.165, 1.54) is 12.8 Å². The van der Waals surface area contributed by atoms with E-state index in [-0.39, 0.29) is 5.91 Å². The van der Waals surface area contributed by atoms with Crippen LogP contribution >= 0.6 is 0 Å². The zero-order valence-corrected chi connectivity index (χ0v) is 10.4. The molecular formula is C13H23NO. The van der Waals surface area contributed by atoms with E-state index in [4.69, 9.17) is 0 Å². The predicted octanol–water partition coefficient (Wildman–Crippen LogP) is 3.04. The van der Waals surface area contributed by atoms with Crippen LogP contribution in [0.15, 0.2) is 11.6 Å². The fraction of sp³-hybridized carbons (Fsp3) is 0.769. The third-order valence-corrected chi connectivity index (χ3v) is 2.97. The summed E-state index contributed by atoms with van der Waals surface area (Å²) in [4.78, 5) is 11.5. The molecule has 1 rings (SSSR count). The van der Waals surface area contributed by atoms with Gasteiger partial charge in [-0.05, 0) is 38.5 Å². The summed E-state index contributed by atoms with van der Waals surface area (Å²) in [5.41, 5.74) is 1.45. The summed E-state index contributed by atoms with van der Waals surface area (Å²) in [5, 5.41) is 3.09. The smallest absolute Gasteiger partial charge is 0.244 e. The molecule has 0 aromatic heterocycles. The maximum Gasteiger partial charge on any atom is 0.244 e. The van der Waals surface area contributed by atoms with Gasteiger partial charge < -0.3 is 5.32 Å². The molecule has 1 aliphatic carbocycles. The Morgan fingerprint density at radius 3 is 2.60 bits per heavy atom. The van der Waals surface area contributed by atoms with Gasteiger partial charge in [-0.15, -0.1) is 0 Å². The second-order valence-electron chi connectivity index (χ2n) is 5.69. The molecule has 0 aromatic rings. The summed E-state index contributed by atoms with van der Waals surface area (Å²) in [6.45, 7) is 8.47. The van der Waals surface area contributed by atoms with Crippen LogP contribution in [0, 0.1) is 5.41 Å². The Bertz CT molecular complexity index is 262. The number of rotatable bonds is 2. The highest BCUT2D eigenvalue weighted by molar-refractivity contribution is 5.88. The number of hydrogen-bond donors (Lipinski definition) is 1. The molecule has 2 heteroatoms. The van der Waals surface area contributed by atoms with Gasteiger partial charge in [0.1, 0.15) is 0 Å². The quantitative estimate of drug-likeness (QED) is 0.696. The molecule has 0 heterocycles. The molecule has 2 nitrogen and oxygen atoms in total. The highest BCUT2D eigenvalue weighted by Gasteiger charge is 2.28. The summed E-state index contributed by atoms with van der Waals surface area (Å²) in [6.07, 6.45) is 6.43. The summed E-state index contributed by atoms with van der Waals surface area (Å²) in [5.74, 6) is 0.0673. The van der Waals surface area contributed by atoms with Gasteiger partial charge in [0.15, 0.2) is 0 Å². The first-order valence-corrected chi connectivity index (χ1v) is 5.84. The molecule has 1 amide bonds. The average molecular weight is 209 g/mol. The molecule has 0 radical (unpaired) electrons. The molecule has 1 unspecified atom stereocenters. The molecule has 0 spiro atoms. The predicted molar refractivity (Wildman–Crippen MR) is 63.6 cm³/mol. The lowest BCUT2D eigenvalue weighted by Crippen LogP contribution is -2.40. The zero-order valence-electron chi connectivity index (χ0n) is 10.4. The van der Waals surface area contributed by atoms with Crippen LogP contribution in [0.5, 0.6) is 0 Å². The van der Waals surface area contributed by atoms with Crippen molar-refractivity contribution in [2.24, 2.45) is 5.41 Å².